The Hall–Kier alpha value is -2.15. The van der Waals surface area contributed by atoms with E-state index in [0.29, 0.717) is 5.69 Å². The Morgan fingerprint density at radius 1 is 1.43 bits per heavy atom. The lowest BCUT2D eigenvalue weighted by Gasteiger charge is -2.18. The first kappa shape index (κ1) is 13.8. The molecular formula is C14H17FN4O2. The Morgan fingerprint density at radius 2 is 2.19 bits per heavy atom. The summed E-state index contributed by atoms with van der Waals surface area (Å²) in [6, 6.07) is 1.69. The van der Waals surface area contributed by atoms with E-state index in [9.17, 15) is 9.18 Å². The minimum absolute atomic E-state index is 0.129. The number of nitrogens with zero attached hydrogens (tertiary/aromatic N) is 3. The highest BCUT2D eigenvalue weighted by molar-refractivity contribution is 6.01. The summed E-state index contributed by atoms with van der Waals surface area (Å²) in [5, 5.41) is 15.3. The maximum Gasteiger partial charge on any atom is 0.255 e. The number of hydrogen-bond acceptors (Lipinski definition) is 4. The topological polar surface area (TPSA) is 69.9 Å². The number of carbonyl (C=O) groups excluding carboxylic acids is 1. The molecule has 0 saturated carbocycles. The van der Waals surface area contributed by atoms with Gasteiger partial charge in [0.1, 0.15) is 5.52 Å². The van der Waals surface area contributed by atoms with Gasteiger partial charge in [-0.25, -0.2) is 8.91 Å². The van der Waals surface area contributed by atoms with Crippen LogP contribution in [0.2, 0.25) is 0 Å². The van der Waals surface area contributed by atoms with Crippen LogP contribution in [0.5, 0.6) is 0 Å². The Morgan fingerprint density at radius 3 is 2.90 bits per heavy atom. The normalized spacial score (nSPS) is 14.9. The van der Waals surface area contributed by atoms with Crippen LogP contribution in [0.25, 0.3) is 5.52 Å². The van der Waals surface area contributed by atoms with Crippen LogP contribution in [-0.2, 0) is 0 Å². The number of carbonyl (C=O) groups is 1. The Bertz CT molecular complexity index is 664. The molecule has 7 heteroatoms. The van der Waals surface area contributed by atoms with E-state index in [1.54, 1.807) is 12.3 Å². The molecule has 1 amide bonds. The van der Waals surface area contributed by atoms with E-state index < -0.39 is 11.7 Å². The molecule has 2 aromatic heterocycles. The van der Waals surface area contributed by atoms with Gasteiger partial charge >= 0.3 is 0 Å². The largest absolute Gasteiger partial charge is 0.395 e. The molecule has 3 heterocycles. The van der Waals surface area contributed by atoms with Crippen molar-refractivity contribution in [2.75, 3.05) is 31.1 Å². The number of anilines is 1. The maximum atomic E-state index is 14.8. The SMILES string of the molecule is O=C(NCCO)c1cnn2ccc(N3CCCC3)c(F)c12. The van der Waals surface area contributed by atoms with Crippen LogP contribution in [0.1, 0.15) is 23.2 Å². The lowest BCUT2D eigenvalue weighted by atomic mass is 10.2. The highest BCUT2D eigenvalue weighted by Crippen LogP contribution is 2.27. The van der Waals surface area contributed by atoms with Crippen molar-refractivity contribution in [2.24, 2.45) is 0 Å². The Labute approximate surface area is 121 Å². The number of aliphatic hydroxyl groups is 1. The maximum absolute atomic E-state index is 14.8. The first-order chi connectivity index (χ1) is 10.2. The predicted octanol–water partition coefficient (Wildman–Crippen LogP) is 0.796. The number of aliphatic hydroxyl groups excluding tert-OH is 1. The molecule has 21 heavy (non-hydrogen) atoms. The number of fused-ring (bicyclic) bond motifs is 1. The van der Waals surface area contributed by atoms with E-state index in [2.05, 4.69) is 10.4 Å². The average Bonchev–Trinajstić information content (AvgIpc) is 3.14. The zero-order chi connectivity index (χ0) is 14.8. The lowest BCUT2D eigenvalue weighted by Crippen LogP contribution is -2.26. The third kappa shape index (κ3) is 2.44. The molecule has 0 aromatic carbocycles. The number of rotatable bonds is 4. The van der Waals surface area contributed by atoms with Gasteiger partial charge in [-0.1, -0.05) is 0 Å². The summed E-state index contributed by atoms with van der Waals surface area (Å²) in [6.45, 7) is 1.62. The summed E-state index contributed by atoms with van der Waals surface area (Å²) in [7, 11) is 0. The van der Waals surface area contributed by atoms with Crippen LogP contribution in [0.3, 0.4) is 0 Å². The van der Waals surface area contributed by atoms with Crippen LogP contribution in [-0.4, -0.2) is 46.9 Å². The molecule has 0 aliphatic carbocycles. The van der Waals surface area contributed by atoms with E-state index >= 15 is 0 Å². The van der Waals surface area contributed by atoms with E-state index in [1.807, 2.05) is 4.90 Å². The van der Waals surface area contributed by atoms with Crippen molar-refractivity contribution < 1.29 is 14.3 Å². The van der Waals surface area contributed by atoms with Crippen LogP contribution in [0.15, 0.2) is 18.5 Å². The molecule has 1 aliphatic rings. The Balaban J connectivity index is 2.02. The molecule has 0 atom stereocenters. The lowest BCUT2D eigenvalue weighted by molar-refractivity contribution is 0.0946. The fourth-order valence-electron chi connectivity index (χ4n) is 2.66. The quantitative estimate of drug-likeness (QED) is 0.874. The first-order valence-electron chi connectivity index (χ1n) is 7.02. The fourth-order valence-corrected chi connectivity index (χ4v) is 2.66. The van der Waals surface area contributed by atoms with Crippen molar-refractivity contribution in [1.82, 2.24) is 14.9 Å². The summed E-state index contributed by atoms with van der Waals surface area (Å²) in [6.07, 6.45) is 5.11. The van der Waals surface area contributed by atoms with E-state index in [4.69, 9.17) is 5.11 Å². The number of amides is 1. The van der Waals surface area contributed by atoms with E-state index in [1.165, 1.54) is 10.7 Å². The highest BCUT2D eigenvalue weighted by Gasteiger charge is 2.22. The smallest absolute Gasteiger partial charge is 0.255 e. The molecule has 2 N–H and O–H groups in total. The van der Waals surface area contributed by atoms with Gasteiger partial charge in [0, 0.05) is 25.8 Å². The fraction of sp³-hybridized carbons (Fsp3) is 0.429. The highest BCUT2D eigenvalue weighted by atomic mass is 19.1. The van der Waals surface area contributed by atoms with Gasteiger partial charge in [-0.05, 0) is 18.9 Å². The van der Waals surface area contributed by atoms with Crippen molar-refractivity contribution in [3.8, 4) is 0 Å². The number of aromatic nitrogens is 2. The second kappa shape index (κ2) is 5.69. The zero-order valence-corrected chi connectivity index (χ0v) is 11.5. The third-order valence-corrected chi connectivity index (χ3v) is 3.69. The van der Waals surface area contributed by atoms with Gasteiger partial charge in [0.05, 0.1) is 24.1 Å². The van der Waals surface area contributed by atoms with Gasteiger partial charge in [0.25, 0.3) is 5.91 Å². The zero-order valence-electron chi connectivity index (χ0n) is 11.5. The predicted molar refractivity (Wildman–Crippen MR) is 76.0 cm³/mol. The molecule has 1 fully saturated rings. The van der Waals surface area contributed by atoms with Crippen LogP contribution < -0.4 is 10.2 Å². The second-order valence-corrected chi connectivity index (χ2v) is 5.04. The Kier molecular flexibility index (Phi) is 3.74. The monoisotopic (exact) mass is 292 g/mol. The molecule has 112 valence electrons. The van der Waals surface area contributed by atoms with Crippen molar-refractivity contribution in [3.63, 3.8) is 0 Å². The first-order valence-corrected chi connectivity index (χ1v) is 7.02. The van der Waals surface area contributed by atoms with Gasteiger partial charge in [-0.15, -0.1) is 0 Å². The van der Waals surface area contributed by atoms with Crippen molar-refractivity contribution in [3.05, 3.63) is 29.8 Å². The molecule has 1 aliphatic heterocycles. The number of nitrogens with one attached hydrogen (secondary N) is 1. The third-order valence-electron chi connectivity index (χ3n) is 3.69. The number of halogens is 1. The molecule has 0 radical (unpaired) electrons. The molecule has 2 aromatic rings. The summed E-state index contributed by atoms with van der Waals surface area (Å²) in [5.74, 6) is -0.859. The number of hydrogen-bond donors (Lipinski definition) is 2. The molecule has 6 nitrogen and oxygen atoms in total. The van der Waals surface area contributed by atoms with Crippen molar-refractivity contribution in [2.45, 2.75) is 12.8 Å². The second-order valence-electron chi connectivity index (χ2n) is 5.04. The van der Waals surface area contributed by atoms with Crippen LogP contribution >= 0.6 is 0 Å². The average molecular weight is 292 g/mol. The minimum Gasteiger partial charge on any atom is -0.395 e. The van der Waals surface area contributed by atoms with Crippen molar-refractivity contribution >= 4 is 17.1 Å². The van der Waals surface area contributed by atoms with E-state index in [-0.39, 0.29) is 24.2 Å². The van der Waals surface area contributed by atoms with Gasteiger partial charge in [0.15, 0.2) is 5.82 Å². The summed E-state index contributed by atoms with van der Waals surface area (Å²) >= 11 is 0. The molecular weight excluding hydrogens is 275 g/mol. The molecule has 0 bridgehead atoms. The molecule has 0 unspecified atom stereocenters. The molecule has 3 rings (SSSR count). The molecule has 0 spiro atoms. The summed E-state index contributed by atoms with van der Waals surface area (Å²) < 4.78 is 16.1. The van der Waals surface area contributed by atoms with Crippen LogP contribution in [0, 0.1) is 5.82 Å². The standard InChI is InChI=1S/C14H17FN4O2/c15-12-11(18-5-1-2-6-18)3-7-19-13(12)10(9-17-19)14(21)16-4-8-20/h3,7,9,20H,1-2,4-6,8H2,(H,16,21). The summed E-state index contributed by atoms with van der Waals surface area (Å²) in [4.78, 5) is 14.0. The van der Waals surface area contributed by atoms with Gasteiger partial charge in [-0.3, -0.25) is 4.79 Å². The van der Waals surface area contributed by atoms with Gasteiger partial charge in [0.2, 0.25) is 0 Å². The van der Waals surface area contributed by atoms with Crippen molar-refractivity contribution in [1.29, 1.82) is 0 Å². The van der Waals surface area contributed by atoms with E-state index in [0.717, 1.165) is 25.9 Å². The molecule has 1 saturated heterocycles. The number of pyridine rings is 1. The summed E-state index contributed by atoms with van der Waals surface area (Å²) in [5.41, 5.74) is 0.869. The van der Waals surface area contributed by atoms with Gasteiger partial charge < -0.3 is 15.3 Å². The van der Waals surface area contributed by atoms with Crippen LogP contribution in [0.4, 0.5) is 10.1 Å². The minimum atomic E-state index is -0.434. The van der Waals surface area contributed by atoms with Gasteiger partial charge in [-0.2, -0.15) is 5.10 Å².